The summed E-state index contributed by atoms with van der Waals surface area (Å²) in [5.74, 6) is 0.827. The maximum atomic E-state index is 5.78. The third kappa shape index (κ3) is 1.58. The standard InChI is InChI=1S/C10H13ClN4/c11-7-3-13-10(14-4-7)15-8-1-2-9(15)6-12-5-8/h3-4,8-9,12H,1-2,5-6H2/t8-,9+. The fourth-order valence-electron chi connectivity index (χ4n) is 2.54. The van der Waals surface area contributed by atoms with Gasteiger partial charge in [-0.2, -0.15) is 0 Å². The summed E-state index contributed by atoms with van der Waals surface area (Å²) >= 11 is 5.78. The number of nitrogens with one attached hydrogen (secondary N) is 1. The lowest BCUT2D eigenvalue weighted by Gasteiger charge is -2.35. The van der Waals surface area contributed by atoms with E-state index in [9.17, 15) is 0 Å². The van der Waals surface area contributed by atoms with Gasteiger partial charge in [-0.25, -0.2) is 9.97 Å². The molecule has 80 valence electrons. The highest BCUT2D eigenvalue weighted by Gasteiger charge is 2.37. The van der Waals surface area contributed by atoms with Crippen molar-refractivity contribution < 1.29 is 0 Å². The summed E-state index contributed by atoms with van der Waals surface area (Å²) in [5.41, 5.74) is 0. The second-order valence-electron chi connectivity index (χ2n) is 4.15. The molecule has 2 aliphatic heterocycles. The van der Waals surface area contributed by atoms with Gasteiger partial charge in [0, 0.05) is 25.2 Å². The third-order valence-electron chi connectivity index (χ3n) is 3.22. The van der Waals surface area contributed by atoms with Crippen molar-refractivity contribution in [2.75, 3.05) is 18.0 Å². The summed E-state index contributed by atoms with van der Waals surface area (Å²) in [6.45, 7) is 2.09. The molecule has 2 bridgehead atoms. The molecule has 3 heterocycles. The van der Waals surface area contributed by atoms with E-state index in [0.29, 0.717) is 17.1 Å². The zero-order valence-corrected chi connectivity index (χ0v) is 9.11. The van der Waals surface area contributed by atoms with Crippen molar-refractivity contribution in [2.24, 2.45) is 0 Å². The molecule has 1 aromatic heterocycles. The van der Waals surface area contributed by atoms with Gasteiger partial charge in [-0.15, -0.1) is 0 Å². The monoisotopic (exact) mass is 224 g/mol. The number of fused-ring (bicyclic) bond motifs is 2. The Bertz CT molecular complexity index is 337. The Morgan fingerprint density at radius 1 is 1.20 bits per heavy atom. The Kier molecular flexibility index (Phi) is 2.25. The van der Waals surface area contributed by atoms with E-state index in [1.54, 1.807) is 12.4 Å². The molecule has 0 saturated carbocycles. The summed E-state index contributed by atoms with van der Waals surface area (Å²) in [4.78, 5) is 10.9. The van der Waals surface area contributed by atoms with Crippen LogP contribution in [0.1, 0.15) is 12.8 Å². The molecule has 0 aliphatic carbocycles. The Morgan fingerprint density at radius 3 is 2.40 bits per heavy atom. The van der Waals surface area contributed by atoms with Crippen LogP contribution in [0.15, 0.2) is 12.4 Å². The summed E-state index contributed by atoms with van der Waals surface area (Å²) < 4.78 is 0. The maximum Gasteiger partial charge on any atom is 0.225 e. The van der Waals surface area contributed by atoms with Gasteiger partial charge >= 0.3 is 0 Å². The number of piperazine rings is 1. The summed E-state index contributed by atoms with van der Waals surface area (Å²) in [7, 11) is 0. The van der Waals surface area contributed by atoms with Crippen molar-refractivity contribution in [3.63, 3.8) is 0 Å². The molecule has 2 aliphatic rings. The lowest BCUT2D eigenvalue weighted by atomic mass is 10.2. The zero-order valence-electron chi connectivity index (χ0n) is 8.36. The molecule has 5 heteroatoms. The van der Waals surface area contributed by atoms with Crippen molar-refractivity contribution in [3.8, 4) is 0 Å². The Morgan fingerprint density at radius 2 is 1.80 bits per heavy atom. The van der Waals surface area contributed by atoms with E-state index in [1.807, 2.05) is 0 Å². The number of aromatic nitrogens is 2. The van der Waals surface area contributed by atoms with Gasteiger partial charge in [-0.05, 0) is 12.8 Å². The van der Waals surface area contributed by atoms with E-state index < -0.39 is 0 Å². The molecule has 0 aromatic carbocycles. The third-order valence-corrected chi connectivity index (χ3v) is 3.41. The first-order chi connectivity index (χ1) is 7.34. The Labute approximate surface area is 93.7 Å². The molecule has 15 heavy (non-hydrogen) atoms. The molecular formula is C10H13ClN4. The molecule has 0 amide bonds. The fourth-order valence-corrected chi connectivity index (χ4v) is 2.64. The molecule has 0 spiro atoms. The van der Waals surface area contributed by atoms with Crippen LogP contribution in [-0.2, 0) is 0 Å². The van der Waals surface area contributed by atoms with Gasteiger partial charge in [0.2, 0.25) is 5.95 Å². The summed E-state index contributed by atoms with van der Waals surface area (Å²) in [6, 6.07) is 1.12. The van der Waals surface area contributed by atoms with Crippen molar-refractivity contribution in [2.45, 2.75) is 24.9 Å². The molecule has 0 unspecified atom stereocenters. The van der Waals surface area contributed by atoms with Crippen molar-refractivity contribution in [1.29, 1.82) is 0 Å². The average Bonchev–Trinajstić information content (AvgIpc) is 2.51. The minimum atomic E-state index is 0.560. The molecule has 4 nitrogen and oxygen atoms in total. The Hall–Kier alpha value is -0.870. The van der Waals surface area contributed by atoms with Gasteiger partial charge in [0.1, 0.15) is 0 Å². The van der Waals surface area contributed by atoms with Gasteiger partial charge in [-0.1, -0.05) is 11.6 Å². The van der Waals surface area contributed by atoms with E-state index in [2.05, 4.69) is 20.2 Å². The molecule has 0 radical (unpaired) electrons. The highest BCUT2D eigenvalue weighted by Crippen LogP contribution is 2.29. The maximum absolute atomic E-state index is 5.78. The minimum Gasteiger partial charge on any atom is -0.332 e. The van der Waals surface area contributed by atoms with Crippen LogP contribution in [-0.4, -0.2) is 35.1 Å². The number of halogens is 1. The average molecular weight is 225 g/mol. The van der Waals surface area contributed by atoms with Crippen LogP contribution in [0.2, 0.25) is 5.02 Å². The highest BCUT2D eigenvalue weighted by atomic mass is 35.5. The molecule has 1 N–H and O–H groups in total. The van der Waals surface area contributed by atoms with Crippen molar-refractivity contribution >= 4 is 17.5 Å². The van der Waals surface area contributed by atoms with Gasteiger partial charge in [0.25, 0.3) is 0 Å². The van der Waals surface area contributed by atoms with E-state index in [0.717, 1.165) is 19.0 Å². The van der Waals surface area contributed by atoms with Gasteiger partial charge < -0.3 is 10.2 Å². The minimum absolute atomic E-state index is 0.560. The number of rotatable bonds is 1. The second kappa shape index (κ2) is 3.61. The quantitative estimate of drug-likeness (QED) is 0.775. The van der Waals surface area contributed by atoms with Gasteiger partial charge in [0.15, 0.2) is 0 Å². The molecule has 3 rings (SSSR count). The number of hydrogen-bond donors (Lipinski definition) is 1. The van der Waals surface area contributed by atoms with Crippen LogP contribution in [0.5, 0.6) is 0 Å². The molecule has 2 saturated heterocycles. The van der Waals surface area contributed by atoms with Crippen LogP contribution in [0.4, 0.5) is 5.95 Å². The van der Waals surface area contributed by atoms with E-state index in [1.165, 1.54) is 12.8 Å². The number of anilines is 1. The van der Waals surface area contributed by atoms with Crippen molar-refractivity contribution in [3.05, 3.63) is 17.4 Å². The van der Waals surface area contributed by atoms with Crippen LogP contribution in [0.3, 0.4) is 0 Å². The smallest absolute Gasteiger partial charge is 0.225 e. The molecule has 1 aromatic rings. The van der Waals surface area contributed by atoms with Crippen LogP contribution in [0.25, 0.3) is 0 Å². The SMILES string of the molecule is Clc1cnc(N2[C@@H]3CC[C@H]2CNC3)nc1. The van der Waals surface area contributed by atoms with Crippen LogP contribution >= 0.6 is 11.6 Å². The van der Waals surface area contributed by atoms with Crippen LogP contribution < -0.4 is 10.2 Å². The van der Waals surface area contributed by atoms with Crippen LogP contribution in [0, 0.1) is 0 Å². The van der Waals surface area contributed by atoms with Gasteiger partial charge in [0.05, 0.1) is 17.4 Å². The molecular weight excluding hydrogens is 212 g/mol. The number of hydrogen-bond acceptors (Lipinski definition) is 4. The highest BCUT2D eigenvalue weighted by molar-refractivity contribution is 6.30. The normalized spacial score (nSPS) is 29.5. The zero-order chi connectivity index (χ0) is 10.3. The topological polar surface area (TPSA) is 41.1 Å². The summed E-state index contributed by atoms with van der Waals surface area (Å²) in [6.07, 6.45) is 5.82. The molecule has 2 fully saturated rings. The predicted octanol–water partition coefficient (Wildman–Crippen LogP) is 1.07. The molecule has 2 atom stereocenters. The Balaban J connectivity index is 1.90. The van der Waals surface area contributed by atoms with E-state index in [-0.39, 0.29) is 0 Å². The first-order valence-corrected chi connectivity index (χ1v) is 5.69. The van der Waals surface area contributed by atoms with Crippen molar-refractivity contribution in [1.82, 2.24) is 15.3 Å². The van der Waals surface area contributed by atoms with E-state index in [4.69, 9.17) is 11.6 Å². The lowest BCUT2D eigenvalue weighted by Crippen LogP contribution is -2.52. The first kappa shape index (κ1) is 9.36. The largest absolute Gasteiger partial charge is 0.332 e. The first-order valence-electron chi connectivity index (χ1n) is 5.31. The lowest BCUT2D eigenvalue weighted by molar-refractivity contribution is 0.477. The second-order valence-corrected chi connectivity index (χ2v) is 4.59. The van der Waals surface area contributed by atoms with E-state index >= 15 is 0 Å². The predicted molar refractivity (Wildman–Crippen MR) is 59.2 cm³/mol. The van der Waals surface area contributed by atoms with Gasteiger partial charge in [-0.3, -0.25) is 0 Å². The number of nitrogens with zero attached hydrogens (tertiary/aromatic N) is 3. The summed E-state index contributed by atoms with van der Waals surface area (Å²) in [5, 5.41) is 4.03. The fraction of sp³-hybridized carbons (Fsp3) is 0.600.